The van der Waals surface area contributed by atoms with Crippen molar-refractivity contribution in [3.05, 3.63) is 142 Å². The first-order valence-electron chi connectivity index (χ1n) is 22.6. The van der Waals surface area contributed by atoms with E-state index in [1.54, 1.807) is 0 Å². The van der Waals surface area contributed by atoms with Crippen molar-refractivity contribution >= 4 is 35.7 Å². The van der Waals surface area contributed by atoms with Crippen LogP contribution in [0, 0.1) is 0 Å². The molecule has 0 N–H and O–H groups in total. The summed E-state index contributed by atoms with van der Waals surface area (Å²) >= 11 is 0.112. The van der Waals surface area contributed by atoms with Crippen molar-refractivity contribution in [1.29, 1.82) is 0 Å². The Labute approximate surface area is 374 Å². The summed E-state index contributed by atoms with van der Waals surface area (Å²) in [7, 11) is 0. The summed E-state index contributed by atoms with van der Waals surface area (Å²) in [6, 6.07) is 28.0. The predicted molar refractivity (Wildman–Crippen MR) is 258 cm³/mol. The van der Waals surface area contributed by atoms with Gasteiger partial charge in [-0.3, -0.25) is 0 Å². The summed E-state index contributed by atoms with van der Waals surface area (Å²) in [6.07, 6.45) is 9.57. The Morgan fingerprint density at radius 2 is 0.550 bits per heavy atom. The van der Waals surface area contributed by atoms with Crippen LogP contribution in [-0.4, -0.2) is 35.4 Å². The third-order valence-electron chi connectivity index (χ3n) is 12.1. The molecule has 0 amide bonds. The normalized spacial score (nSPS) is 12.3. The van der Waals surface area contributed by atoms with Gasteiger partial charge in [0.2, 0.25) is 0 Å². The first-order valence-corrected chi connectivity index (χ1v) is 28.6. The molecule has 0 spiro atoms. The van der Waals surface area contributed by atoms with Crippen molar-refractivity contribution in [1.82, 2.24) is 9.13 Å². The van der Waals surface area contributed by atoms with Crippen LogP contribution in [0.2, 0.25) is 0 Å². The van der Waals surface area contributed by atoms with Crippen molar-refractivity contribution in [2.24, 2.45) is 0 Å². The van der Waals surface area contributed by atoms with E-state index in [0.29, 0.717) is 47.3 Å². The average Bonchev–Trinajstić information content (AvgIpc) is 3.82. The van der Waals surface area contributed by atoms with E-state index >= 15 is 0 Å². The number of imidazole rings is 2. The van der Waals surface area contributed by atoms with Gasteiger partial charge in [0.25, 0.3) is 0 Å². The molecule has 0 atom stereocenters. The Hall–Kier alpha value is -3.66. The molecule has 0 aliphatic rings. The molecular formula is C54H72N4Se2+2. The molecule has 0 bridgehead atoms. The summed E-state index contributed by atoms with van der Waals surface area (Å²) < 4.78 is 13.3. The van der Waals surface area contributed by atoms with Gasteiger partial charge in [0.1, 0.15) is 0 Å². The number of nitrogens with zero attached hydrogens (tertiary/aromatic N) is 4. The Bertz CT molecular complexity index is 1980. The molecule has 60 heavy (non-hydrogen) atoms. The van der Waals surface area contributed by atoms with Crippen LogP contribution in [0.1, 0.15) is 203 Å². The first-order chi connectivity index (χ1) is 28.5. The van der Waals surface area contributed by atoms with E-state index < -0.39 is 0 Å². The topological polar surface area (TPSA) is 17.6 Å². The predicted octanol–water partition coefficient (Wildman–Crippen LogP) is 12.1. The monoisotopic (exact) mass is 936 g/mol. The fraction of sp³-hybridized carbons (Fsp3) is 0.444. The van der Waals surface area contributed by atoms with E-state index in [-0.39, 0.29) is 26.3 Å². The first kappa shape index (κ1) is 45.9. The average molecular weight is 935 g/mol. The Kier molecular flexibility index (Phi) is 14.6. The number of aromatic nitrogens is 4. The van der Waals surface area contributed by atoms with Gasteiger partial charge in [-0.05, 0) is 0 Å². The second-order valence-corrected chi connectivity index (χ2v) is 25.1. The Morgan fingerprint density at radius 3 is 0.767 bits per heavy atom. The van der Waals surface area contributed by atoms with E-state index in [9.17, 15) is 0 Å². The molecule has 6 rings (SSSR count). The van der Waals surface area contributed by atoms with E-state index in [2.05, 4.69) is 227 Å². The zero-order chi connectivity index (χ0) is 43.7. The molecule has 0 saturated carbocycles. The van der Waals surface area contributed by atoms with Gasteiger partial charge in [0.05, 0.1) is 0 Å². The standard InChI is InChI=1S/C54H72N4Se2/c1-33(2)41-21-17-22-42(34(3)4)49(41)55-29-30-56(50-43(35(5)6)23-18-24-44(50)36(7)8)53(55)59-60-54-57(51-45(37(9)10)25-19-26-46(51)38(11)12)31-32-58(54)52-47(39(13)14)27-20-28-48(52)40(15)16/h17-40H,1-16H3/q+2. The van der Waals surface area contributed by atoms with Crippen molar-refractivity contribution in [3.8, 4) is 22.7 Å². The van der Waals surface area contributed by atoms with E-state index in [0.717, 1.165) is 0 Å². The zero-order valence-corrected chi connectivity index (χ0v) is 42.9. The van der Waals surface area contributed by atoms with Gasteiger partial charge in [0, 0.05) is 0 Å². The number of hydrogen-bond acceptors (Lipinski definition) is 0. The van der Waals surface area contributed by atoms with Crippen LogP contribution < -0.4 is 18.6 Å². The molecule has 4 nitrogen and oxygen atoms in total. The molecule has 2 aromatic heterocycles. The van der Waals surface area contributed by atoms with Gasteiger partial charge < -0.3 is 0 Å². The van der Waals surface area contributed by atoms with Crippen LogP contribution in [0.5, 0.6) is 0 Å². The summed E-state index contributed by atoms with van der Waals surface area (Å²) in [5, 5.41) is 0. The number of benzene rings is 4. The van der Waals surface area contributed by atoms with Crippen molar-refractivity contribution in [2.45, 2.75) is 158 Å². The second-order valence-electron chi connectivity index (χ2n) is 19.2. The SMILES string of the molecule is CC(C)c1cccc(C(C)C)c1-n1cc[n+](-c2c(C(C)C)cccc2C(C)C)c1[Se][Se]c1n(-c2c(C(C)C)cccc2C(C)C)cc[n+]1-c1c(C(C)C)cccc1C(C)C. The second kappa shape index (κ2) is 19.2. The summed E-state index contributed by atoms with van der Waals surface area (Å²) in [6.45, 7) is 37.7. The van der Waals surface area contributed by atoms with Crippen LogP contribution in [-0.2, 0) is 0 Å². The molecule has 6 heteroatoms. The van der Waals surface area contributed by atoms with Gasteiger partial charge in [-0.25, -0.2) is 0 Å². The van der Waals surface area contributed by atoms with Gasteiger partial charge in [-0.1, -0.05) is 0 Å². The molecule has 2 heterocycles. The number of hydrogen-bond donors (Lipinski definition) is 0. The van der Waals surface area contributed by atoms with Crippen LogP contribution in [0.15, 0.2) is 97.6 Å². The summed E-state index contributed by atoms with van der Waals surface area (Å²) in [5.74, 6) is 3.10. The molecule has 0 aliphatic carbocycles. The van der Waals surface area contributed by atoms with Crippen LogP contribution in [0.25, 0.3) is 22.7 Å². The fourth-order valence-electron chi connectivity index (χ4n) is 8.83. The molecule has 0 fully saturated rings. The number of para-hydroxylation sites is 4. The van der Waals surface area contributed by atoms with Crippen LogP contribution >= 0.6 is 0 Å². The van der Waals surface area contributed by atoms with Crippen molar-refractivity contribution < 1.29 is 9.13 Å². The molecule has 0 saturated heterocycles. The van der Waals surface area contributed by atoms with Crippen LogP contribution in [0.4, 0.5) is 0 Å². The molecule has 4 aromatic carbocycles. The molecule has 0 aliphatic heterocycles. The fourth-order valence-corrected chi connectivity index (χ4v) is 16.2. The van der Waals surface area contributed by atoms with Crippen molar-refractivity contribution in [2.75, 3.05) is 0 Å². The van der Waals surface area contributed by atoms with Crippen molar-refractivity contribution in [3.63, 3.8) is 0 Å². The van der Waals surface area contributed by atoms with Gasteiger partial charge >= 0.3 is 377 Å². The third kappa shape index (κ3) is 8.96. The van der Waals surface area contributed by atoms with Crippen LogP contribution in [0.3, 0.4) is 0 Å². The minimum atomic E-state index is 0.0561. The maximum atomic E-state index is 2.62. The van der Waals surface area contributed by atoms with Gasteiger partial charge in [0.15, 0.2) is 0 Å². The van der Waals surface area contributed by atoms with E-state index in [1.807, 2.05) is 0 Å². The molecule has 0 radical (unpaired) electrons. The van der Waals surface area contributed by atoms with E-state index in [1.165, 1.54) is 76.7 Å². The molecular weight excluding hydrogens is 863 g/mol. The molecule has 318 valence electrons. The summed E-state index contributed by atoms with van der Waals surface area (Å²) in [4.78, 5) is 0. The Morgan fingerprint density at radius 1 is 0.333 bits per heavy atom. The quantitative estimate of drug-likeness (QED) is 0.0721. The van der Waals surface area contributed by atoms with Gasteiger partial charge in [-0.15, -0.1) is 0 Å². The van der Waals surface area contributed by atoms with E-state index in [4.69, 9.17) is 0 Å². The number of rotatable bonds is 15. The Balaban J connectivity index is 1.72. The van der Waals surface area contributed by atoms with Gasteiger partial charge in [-0.2, -0.15) is 0 Å². The zero-order valence-electron chi connectivity index (χ0n) is 39.5. The summed E-state index contributed by atoms with van der Waals surface area (Å²) in [5.41, 5.74) is 16.7. The third-order valence-corrected chi connectivity index (χ3v) is 18.7. The minimum absolute atomic E-state index is 0.0561. The maximum absolute atomic E-state index is 2.62. The molecule has 0 unspecified atom stereocenters. The molecule has 6 aromatic rings.